The minimum absolute atomic E-state index is 0.214. The van der Waals surface area contributed by atoms with E-state index in [0.717, 1.165) is 27.5 Å². The van der Waals surface area contributed by atoms with Crippen molar-refractivity contribution in [3.05, 3.63) is 108 Å². The highest BCUT2D eigenvalue weighted by molar-refractivity contribution is 7.07. The fourth-order valence-electron chi connectivity index (χ4n) is 4.61. The lowest BCUT2D eigenvalue weighted by Gasteiger charge is -2.27. The van der Waals surface area contributed by atoms with Crippen LogP contribution in [-0.4, -0.2) is 24.3 Å². The second-order valence-electron chi connectivity index (χ2n) is 8.62. The van der Waals surface area contributed by atoms with Gasteiger partial charge in [0.2, 0.25) is 0 Å². The molecule has 36 heavy (non-hydrogen) atoms. The first-order valence-corrected chi connectivity index (χ1v) is 12.6. The molecular formula is C29H26N2O4S. The summed E-state index contributed by atoms with van der Waals surface area (Å²) in [6, 6.07) is 18.9. The lowest BCUT2D eigenvalue weighted by molar-refractivity contribution is -0.139. The maximum atomic E-state index is 13.9. The van der Waals surface area contributed by atoms with Crippen molar-refractivity contribution in [1.29, 1.82) is 0 Å². The molecule has 1 aromatic heterocycles. The molecule has 0 saturated heterocycles. The largest absolute Gasteiger partial charge is 0.496 e. The summed E-state index contributed by atoms with van der Waals surface area (Å²) in [7, 11) is 1.59. The number of aromatic nitrogens is 1. The first kappa shape index (κ1) is 23.8. The van der Waals surface area contributed by atoms with Crippen molar-refractivity contribution < 1.29 is 14.3 Å². The van der Waals surface area contributed by atoms with Crippen molar-refractivity contribution in [2.75, 3.05) is 13.7 Å². The van der Waals surface area contributed by atoms with E-state index in [1.807, 2.05) is 73.7 Å². The van der Waals surface area contributed by atoms with Gasteiger partial charge in [-0.15, -0.1) is 0 Å². The van der Waals surface area contributed by atoms with Gasteiger partial charge in [-0.3, -0.25) is 9.36 Å². The van der Waals surface area contributed by atoms with Crippen molar-refractivity contribution in [2.24, 2.45) is 4.99 Å². The number of ether oxygens (including phenoxy) is 2. The summed E-state index contributed by atoms with van der Waals surface area (Å²) in [4.78, 5) is 32.4. The number of aryl methyl sites for hydroxylation is 1. The van der Waals surface area contributed by atoms with Crippen LogP contribution in [0.5, 0.6) is 5.75 Å². The summed E-state index contributed by atoms with van der Waals surface area (Å²) >= 11 is 1.31. The second-order valence-corrected chi connectivity index (χ2v) is 9.62. The number of nitrogens with zero attached hydrogens (tertiary/aromatic N) is 2. The summed E-state index contributed by atoms with van der Waals surface area (Å²) in [6.45, 7) is 5.79. The Kier molecular flexibility index (Phi) is 6.33. The standard InChI is InChI=1S/C29H26N2O4S/c1-5-35-28(33)24-18(3)30-29-31(27(32)23(36-29)16-19-12-10-17(2)11-13-19)26(24)25-21-9-7-6-8-20(21)14-15-22(25)34-4/h6-16,26H,5H2,1-4H3/b23-16-. The third kappa shape index (κ3) is 4.05. The quantitative estimate of drug-likeness (QED) is 0.386. The molecule has 0 saturated carbocycles. The van der Waals surface area contributed by atoms with E-state index in [0.29, 0.717) is 26.4 Å². The van der Waals surface area contributed by atoms with Gasteiger partial charge < -0.3 is 9.47 Å². The first-order chi connectivity index (χ1) is 17.4. The minimum atomic E-state index is -0.749. The van der Waals surface area contributed by atoms with Crippen LogP contribution in [0, 0.1) is 6.92 Å². The normalized spacial score (nSPS) is 15.6. The molecule has 4 aromatic rings. The molecule has 0 spiro atoms. The molecule has 0 N–H and O–H groups in total. The Labute approximate surface area is 212 Å². The molecule has 182 valence electrons. The molecule has 0 aliphatic carbocycles. The number of benzene rings is 3. The van der Waals surface area contributed by atoms with Crippen LogP contribution in [0.4, 0.5) is 0 Å². The van der Waals surface area contributed by atoms with E-state index in [9.17, 15) is 9.59 Å². The molecule has 0 radical (unpaired) electrons. The van der Waals surface area contributed by atoms with E-state index in [4.69, 9.17) is 9.47 Å². The lowest BCUT2D eigenvalue weighted by Crippen LogP contribution is -2.40. The number of fused-ring (bicyclic) bond motifs is 2. The maximum absolute atomic E-state index is 13.9. The van der Waals surface area contributed by atoms with Gasteiger partial charge in [0.05, 0.1) is 29.5 Å². The molecule has 1 aliphatic heterocycles. The number of hydrogen-bond donors (Lipinski definition) is 0. The third-order valence-electron chi connectivity index (χ3n) is 6.32. The lowest BCUT2D eigenvalue weighted by atomic mass is 9.90. The van der Waals surface area contributed by atoms with E-state index >= 15 is 0 Å². The number of rotatable bonds is 5. The van der Waals surface area contributed by atoms with Crippen LogP contribution >= 0.6 is 11.3 Å². The van der Waals surface area contributed by atoms with Gasteiger partial charge in [-0.05, 0) is 49.2 Å². The number of esters is 1. The zero-order valence-corrected chi connectivity index (χ0v) is 21.4. The van der Waals surface area contributed by atoms with E-state index in [-0.39, 0.29) is 12.2 Å². The van der Waals surface area contributed by atoms with Crippen LogP contribution in [0.1, 0.15) is 36.6 Å². The van der Waals surface area contributed by atoms with Gasteiger partial charge in [0, 0.05) is 5.56 Å². The minimum Gasteiger partial charge on any atom is -0.496 e. The van der Waals surface area contributed by atoms with Crippen LogP contribution in [0.2, 0.25) is 0 Å². The van der Waals surface area contributed by atoms with Gasteiger partial charge in [0.15, 0.2) is 4.80 Å². The zero-order valence-electron chi connectivity index (χ0n) is 20.6. The topological polar surface area (TPSA) is 69.9 Å². The van der Waals surface area contributed by atoms with Gasteiger partial charge in [-0.1, -0.05) is 71.5 Å². The van der Waals surface area contributed by atoms with E-state index in [1.165, 1.54) is 11.3 Å². The van der Waals surface area contributed by atoms with Crippen LogP contribution in [0.3, 0.4) is 0 Å². The highest BCUT2D eigenvalue weighted by Gasteiger charge is 2.36. The fraction of sp³-hybridized carbons (Fsp3) is 0.207. The van der Waals surface area contributed by atoms with Crippen LogP contribution in [0.15, 0.2) is 81.7 Å². The van der Waals surface area contributed by atoms with Crippen LogP contribution in [0.25, 0.3) is 16.8 Å². The Bertz CT molecular complexity index is 1690. The Hall–Kier alpha value is -3.97. The molecule has 1 aliphatic rings. The number of allylic oxidation sites excluding steroid dienone is 1. The SMILES string of the molecule is CCOC(=O)C1=C(C)N=c2s/c(=C\c3ccc(C)cc3)c(=O)n2C1c1c(OC)ccc2ccccc12. The van der Waals surface area contributed by atoms with Crippen LogP contribution < -0.4 is 19.6 Å². The summed E-state index contributed by atoms with van der Waals surface area (Å²) < 4.78 is 13.4. The molecule has 2 heterocycles. The number of carbonyl (C=O) groups is 1. The smallest absolute Gasteiger partial charge is 0.338 e. The summed E-state index contributed by atoms with van der Waals surface area (Å²) in [6.07, 6.45) is 1.87. The number of thiazole rings is 1. The van der Waals surface area contributed by atoms with Crippen molar-refractivity contribution in [3.63, 3.8) is 0 Å². The van der Waals surface area contributed by atoms with Crippen molar-refractivity contribution >= 4 is 34.2 Å². The molecule has 0 fully saturated rings. The molecule has 5 rings (SSSR count). The van der Waals surface area contributed by atoms with Crippen molar-refractivity contribution in [2.45, 2.75) is 26.8 Å². The highest BCUT2D eigenvalue weighted by Crippen LogP contribution is 2.40. The number of hydrogen-bond acceptors (Lipinski definition) is 6. The number of carbonyl (C=O) groups excluding carboxylic acids is 1. The van der Waals surface area contributed by atoms with E-state index < -0.39 is 12.0 Å². The molecule has 0 amide bonds. The fourth-order valence-corrected chi connectivity index (χ4v) is 5.66. The average molecular weight is 499 g/mol. The monoisotopic (exact) mass is 498 g/mol. The second kappa shape index (κ2) is 9.59. The first-order valence-electron chi connectivity index (χ1n) is 11.7. The molecule has 0 bridgehead atoms. The van der Waals surface area contributed by atoms with Gasteiger partial charge in [-0.25, -0.2) is 9.79 Å². The van der Waals surface area contributed by atoms with Gasteiger partial charge in [-0.2, -0.15) is 0 Å². The average Bonchev–Trinajstić information content (AvgIpc) is 3.18. The molecule has 7 heteroatoms. The predicted octanol–water partition coefficient (Wildman–Crippen LogP) is 4.27. The van der Waals surface area contributed by atoms with E-state index in [1.54, 1.807) is 25.5 Å². The van der Waals surface area contributed by atoms with Gasteiger partial charge in [0.25, 0.3) is 5.56 Å². The predicted molar refractivity (Wildman–Crippen MR) is 142 cm³/mol. The summed E-state index contributed by atoms with van der Waals surface area (Å²) in [5.74, 6) is 0.0925. The van der Waals surface area contributed by atoms with Gasteiger partial charge >= 0.3 is 5.97 Å². The third-order valence-corrected chi connectivity index (χ3v) is 7.30. The Morgan fingerprint density at radius 3 is 2.56 bits per heavy atom. The molecular weight excluding hydrogens is 472 g/mol. The highest BCUT2D eigenvalue weighted by atomic mass is 32.1. The molecule has 6 nitrogen and oxygen atoms in total. The Morgan fingerprint density at radius 1 is 1.08 bits per heavy atom. The maximum Gasteiger partial charge on any atom is 0.338 e. The van der Waals surface area contributed by atoms with Crippen LogP contribution in [-0.2, 0) is 9.53 Å². The number of methoxy groups -OCH3 is 1. The van der Waals surface area contributed by atoms with Crippen molar-refractivity contribution in [1.82, 2.24) is 4.57 Å². The van der Waals surface area contributed by atoms with Crippen molar-refractivity contribution in [3.8, 4) is 5.75 Å². The zero-order chi connectivity index (χ0) is 25.4. The molecule has 3 aromatic carbocycles. The Balaban J connectivity index is 1.84. The summed E-state index contributed by atoms with van der Waals surface area (Å²) in [5.41, 5.74) is 3.44. The molecule has 1 unspecified atom stereocenters. The Morgan fingerprint density at radius 2 is 1.83 bits per heavy atom. The summed E-state index contributed by atoms with van der Waals surface area (Å²) in [5, 5.41) is 1.87. The molecule has 1 atom stereocenters. The van der Waals surface area contributed by atoms with Gasteiger partial charge in [0.1, 0.15) is 11.8 Å². The van der Waals surface area contributed by atoms with E-state index in [2.05, 4.69) is 4.99 Å².